The van der Waals surface area contributed by atoms with Crippen LogP contribution < -0.4 is 20.1 Å². The molecule has 0 bridgehead atoms. The summed E-state index contributed by atoms with van der Waals surface area (Å²) in [5, 5.41) is 6.30. The van der Waals surface area contributed by atoms with Crippen LogP contribution in [-0.2, 0) is 0 Å². The average Bonchev–Trinajstić information content (AvgIpc) is 2.66. The van der Waals surface area contributed by atoms with Gasteiger partial charge in [-0.05, 0) is 43.7 Å². The molecule has 0 amide bonds. The molecule has 0 saturated heterocycles. The first-order chi connectivity index (χ1) is 12.9. The largest absolute Gasteiger partial charge is 0.494 e. The van der Waals surface area contributed by atoms with Gasteiger partial charge in [0.25, 0.3) is 0 Å². The topological polar surface area (TPSA) is 54.9 Å². The van der Waals surface area contributed by atoms with Gasteiger partial charge in [0, 0.05) is 7.05 Å². The Labute approximate surface area is 181 Å². The van der Waals surface area contributed by atoms with E-state index in [2.05, 4.69) is 15.6 Å². The molecule has 154 valence electrons. The first-order valence-electron chi connectivity index (χ1n) is 8.66. The third kappa shape index (κ3) is 6.81. The zero-order valence-corrected chi connectivity index (χ0v) is 18.7. The highest BCUT2D eigenvalue weighted by Crippen LogP contribution is 2.21. The lowest BCUT2D eigenvalue weighted by molar-refractivity contribution is 0.214. The highest BCUT2D eigenvalue weighted by Gasteiger charge is 2.13. The summed E-state index contributed by atoms with van der Waals surface area (Å²) in [7, 11) is 3.06. The van der Waals surface area contributed by atoms with E-state index in [0.29, 0.717) is 12.5 Å². The van der Waals surface area contributed by atoms with E-state index in [1.54, 1.807) is 37.4 Å². The molecular formula is C20H26F2IN3O2. The summed E-state index contributed by atoms with van der Waals surface area (Å²) < 4.78 is 38.0. The van der Waals surface area contributed by atoms with Crippen LogP contribution in [0.25, 0.3) is 0 Å². The number of halogens is 3. The van der Waals surface area contributed by atoms with Gasteiger partial charge in [0.15, 0.2) is 29.1 Å². The Kier molecular flexibility index (Phi) is 9.98. The molecule has 0 saturated carbocycles. The second-order valence-electron chi connectivity index (χ2n) is 6.07. The molecule has 2 rings (SSSR count). The average molecular weight is 505 g/mol. The van der Waals surface area contributed by atoms with Crippen molar-refractivity contribution in [2.45, 2.75) is 26.0 Å². The lowest BCUT2D eigenvalue weighted by atomic mass is 10.1. The van der Waals surface area contributed by atoms with E-state index >= 15 is 0 Å². The Morgan fingerprint density at radius 2 is 1.79 bits per heavy atom. The molecule has 0 aliphatic heterocycles. The normalized spacial score (nSPS) is 13.1. The summed E-state index contributed by atoms with van der Waals surface area (Å²) >= 11 is 0. The van der Waals surface area contributed by atoms with Crippen LogP contribution in [0.15, 0.2) is 47.5 Å². The third-order valence-corrected chi connectivity index (χ3v) is 3.97. The van der Waals surface area contributed by atoms with E-state index in [-0.39, 0.29) is 47.6 Å². The number of ether oxygens (including phenoxy) is 2. The minimum Gasteiger partial charge on any atom is -0.494 e. The number of hydrogen-bond donors (Lipinski definition) is 2. The summed E-state index contributed by atoms with van der Waals surface area (Å²) in [5.74, 6) is 0.118. The number of benzene rings is 2. The standard InChI is InChI=1S/C20H25F2N3O2.HI/c1-13(27-19-8-6-5-7-16(19)21)12-24-20(23-3)25-14(2)15-9-10-18(26-4)17(22)11-15;/h5-11,13-14H,12H2,1-4H3,(H2,23,24,25);1H. The van der Waals surface area contributed by atoms with Crippen molar-refractivity contribution in [3.8, 4) is 11.5 Å². The molecule has 2 aromatic carbocycles. The fourth-order valence-electron chi connectivity index (χ4n) is 2.47. The second kappa shape index (κ2) is 11.7. The summed E-state index contributed by atoms with van der Waals surface area (Å²) in [6.07, 6.45) is -0.283. The molecule has 2 N–H and O–H groups in total. The van der Waals surface area contributed by atoms with Crippen molar-refractivity contribution in [3.63, 3.8) is 0 Å². The maximum Gasteiger partial charge on any atom is 0.191 e. The quantitative estimate of drug-likeness (QED) is 0.335. The van der Waals surface area contributed by atoms with Crippen molar-refractivity contribution in [2.24, 2.45) is 4.99 Å². The molecule has 0 aliphatic carbocycles. The maximum atomic E-state index is 13.9. The molecule has 2 atom stereocenters. The molecule has 2 aromatic rings. The smallest absolute Gasteiger partial charge is 0.191 e. The lowest BCUT2D eigenvalue weighted by Gasteiger charge is -2.21. The van der Waals surface area contributed by atoms with Gasteiger partial charge in [-0.3, -0.25) is 4.99 Å². The predicted molar refractivity (Wildman–Crippen MR) is 118 cm³/mol. The maximum absolute atomic E-state index is 13.9. The van der Waals surface area contributed by atoms with Gasteiger partial charge in [-0.15, -0.1) is 24.0 Å². The third-order valence-electron chi connectivity index (χ3n) is 3.97. The van der Waals surface area contributed by atoms with Crippen LogP contribution in [0.4, 0.5) is 8.78 Å². The Hall–Kier alpha value is -2.10. The first-order valence-corrected chi connectivity index (χ1v) is 8.66. The molecule has 0 radical (unpaired) electrons. The summed E-state index contributed by atoms with van der Waals surface area (Å²) in [6.45, 7) is 4.14. The minimum absolute atomic E-state index is 0. The minimum atomic E-state index is -0.418. The zero-order chi connectivity index (χ0) is 19.8. The summed E-state index contributed by atoms with van der Waals surface area (Å²) in [5.41, 5.74) is 0.756. The molecule has 0 heterocycles. The highest BCUT2D eigenvalue weighted by molar-refractivity contribution is 14.0. The van der Waals surface area contributed by atoms with E-state index in [9.17, 15) is 8.78 Å². The number of hydrogen-bond acceptors (Lipinski definition) is 3. The number of nitrogens with one attached hydrogen (secondary N) is 2. The van der Waals surface area contributed by atoms with Crippen LogP contribution in [-0.4, -0.2) is 32.8 Å². The molecule has 0 aliphatic rings. The Bertz CT molecular complexity index is 790. The van der Waals surface area contributed by atoms with E-state index in [4.69, 9.17) is 9.47 Å². The number of para-hydroxylation sites is 1. The molecule has 0 aromatic heterocycles. The van der Waals surface area contributed by atoms with Crippen LogP contribution in [0, 0.1) is 11.6 Å². The van der Waals surface area contributed by atoms with Crippen molar-refractivity contribution in [2.75, 3.05) is 20.7 Å². The molecule has 28 heavy (non-hydrogen) atoms. The van der Waals surface area contributed by atoms with Crippen LogP contribution >= 0.6 is 24.0 Å². The van der Waals surface area contributed by atoms with Crippen LogP contribution in [0.2, 0.25) is 0 Å². The number of guanidine groups is 1. The first kappa shape index (κ1) is 23.9. The predicted octanol–water partition coefficient (Wildman–Crippen LogP) is 4.28. The highest BCUT2D eigenvalue weighted by atomic mass is 127. The van der Waals surface area contributed by atoms with Gasteiger partial charge in [-0.25, -0.2) is 8.78 Å². The Balaban J connectivity index is 0.00000392. The van der Waals surface area contributed by atoms with Crippen LogP contribution in [0.5, 0.6) is 11.5 Å². The van der Waals surface area contributed by atoms with Gasteiger partial charge in [0.2, 0.25) is 0 Å². The number of aliphatic imine (C=N–C) groups is 1. The molecule has 8 heteroatoms. The van der Waals surface area contributed by atoms with Gasteiger partial charge >= 0.3 is 0 Å². The van der Waals surface area contributed by atoms with Gasteiger partial charge in [0.1, 0.15) is 6.10 Å². The van der Waals surface area contributed by atoms with Crippen molar-refractivity contribution in [3.05, 3.63) is 59.7 Å². The van der Waals surface area contributed by atoms with Crippen molar-refractivity contribution in [1.82, 2.24) is 10.6 Å². The number of methoxy groups -OCH3 is 1. The van der Waals surface area contributed by atoms with E-state index in [1.807, 2.05) is 13.8 Å². The van der Waals surface area contributed by atoms with Gasteiger partial charge in [0.05, 0.1) is 19.7 Å². The van der Waals surface area contributed by atoms with Crippen LogP contribution in [0.1, 0.15) is 25.5 Å². The Morgan fingerprint density at radius 3 is 2.39 bits per heavy atom. The number of rotatable bonds is 7. The summed E-state index contributed by atoms with van der Waals surface area (Å²) in [4.78, 5) is 4.15. The van der Waals surface area contributed by atoms with Gasteiger partial charge < -0.3 is 20.1 Å². The van der Waals surface area contributed by atoms with Crippen LogP contribution in [0.3, 0.4) is 0 Å². The molecule has 5 nitrogen and oxygen atoms in total. The second-order valence-corrected chi connectivity index (χ2v) is 6.07. The van der Waals surface area contributed by atoms with E-state index < -0.39 is 11.6 Å². The van der Waals surface area contributed by atoms with E-state index in [0.717, 1.165) is 5.56 Å². The van der Waals surface area contributed by atoms with Crippen molar-refractivity contribution < 1.29 is 18.3 Å². The van der Waals surface area contributed by atoms with Crippen molar-refractivity contribution >= 4 is 29.9 Å². The van der Waals surface area contributed by atoms with Crippen molar-refractivity contribution in [1.29, 1.82) is 0 Å². The molecular weight excluding hydrogens is 479 g/mol. The fourth-order valence-corrected chi connectivity index (χ4v) is 2.47. The SMILES string of the molecule is CN=C(NCC(C)Oc1ccccc1F)NC(C)c1ccc(OC)c(F)c1.I. The molecule has 2 unspecified atom stereocenters. The van der Waals surface area contributed by atoms with Gasteiger partial charge in [-0.2, -0.15) is 0 Å². The lowest BCUT2D eigenvalue weighted by Crippen LogP contribution is -2.42. The number of nitrogens with zero attached hydrogens (tertiary/aromatic N) is 1. The van der Waals surface area contributed by atoms with E-state index in [1.165, 1.54) is 19.2 Å². The monoisotopic (exact) mass is 505 g/mol. The zero-order valence-electron chi connectivity index (χ0n) is 16.3. The summed E-state index contributed by atoms with van der Waals surface area (Å²) in [6, 6.07) is 10.9. The molecule has 0 fully saturated rings. The van der Waals surface area contributed by atoms with Gasteiger partial charge in [-0.1, -0.05) is 18.2 Å². The molecule has 0 spiro atoms. The fraction of sp³-hybridized carbons (Fsp3) is 0.350. The Morgan fingerprint density at radius 1 is 1.07 bits per heavy atom.